The highest BCUT2D eigenvalue weighted by molar-refractivity contribution is 5.40. The molecule has 3 N–H and O–H groups in total. The highest BCUT2D eigenvalue weighted by Gasteiger charge is 2.28. The molecule has 3 rings (SSSR count). The Morgan fingerprint density at radius 2 is 2.22 bits per heavy atom. The van der Waals surface area contributed by atoms with Gasteiger partial charge in [0.05, 0.1) is 0 Å². The minimum Gasteiger partial charge on any atom is -0.352 e. The topological polar surface area (TPSA) is 75.0 Å². The van der Waals surface area contributed by atoms with Gasteiger partial charge in [-0.1, -0.05) is 0 Å². The Bertz CT molecular complexity index is 480. The van der Waals surface area contributed by atoms with Gasteiger partial charge in [0.25, 0.3) is 5.56 Å². The number of aromatic amines is 1. The first kappa shape index (κ1) is 11.7. The molecule has 1 aromatic rings. The zero-order chi connectivity index (χ0) is 12.5. The molecule has 2 fully saturated rings. The molecule has 1 atom stereocenters. The molecule has 98 valence electrons. The third kappa shape index (κ3) is 2.27. The fraction of sp³-hybridized carbons (Fsp3) is 0.692. The summed E-state index contributed by atoms with van der Waals surface area (Å²) in [4.78, 5) is 21.4. The zero-order valence-electron chi connectivity index (χ0n) is 10.6. The van der Waals surface area contributed by atoms with E-state index in [9.17, 15) is 4.79 Å². The number of rotatable bonds is 3. The van der Waals surface area contributed by atoms with E-state index in [-0.39, 0.29) is 5.56 Å². The molecule has 1 aliphatic carbocycles. The van der Waals surface area contributed by atoms with Crippen molar-refractivity contribution in [1.82, 2.24) is 9.97 Å². The Morgan fingerprint density at radius 1 is 1.39 bits per heavy atom. The molecule has 1 saturated heterocycles. The lowest BCUT2D eigenvalue weighted by atomic mass is 10.0. The van der Waals surface area contributed by atoms with E-state index in [4.69, 9.17) is 5.73 Å². The van der Waals surface area contributed by atoms with Crippen molar-refractivity contribution in [3.8, 4) is 0 Å². The van der Waals surface area contributed by atoms with Gasteiger partial charge in [0.1, 0.15) is 11.6 Å². The minimum atomic E-state index is -0.0387. The average Bonchev–Trinajstić information content (AvgIpc) is 3.22. The van der Waals surface area contributed by atoms with Crippen LogP contribution in [0, 0.1) is 0 Å². The van der Waals surface area contributed by atoms with Gasteiger partial charge in [0.15, 0.2) is 0 Å². The van der Waals surface area contributed by atoms with Crippen LogP contribution in [0.5, 0.6) is 0 Å². The number of anilines is 1. The third-order valence-corrected chi connectivity index (χ3v) is 3.90. The van der Waals surface area contributed by atoms with Crippen molar-refractivity contribution in [2.45, 2.75) is 44.1 Å². The SMILES string of the molecule is NCC1CCCCN1c1cc(=O)[nH]c(C2CC2)n1. The summed E-state index contributed by atoms with van der Waals surface area (Å²) >= 11 is 0. The van der Waals surface area contributed by atoms with E-state index in [1.165, 1.54) is 6.42 Å². The molecule has 0 amide bonds. The molecule has 0 bridgehead atoms. The maximum atomic E-state index is 11.7. The van der Waals surface area contributed by atoms with Crippen LogP contribution in [-0.2, 0) is 0 Å². The molecule has 1 aromatic heterocycles. The lowest BCUT2D eigenvalue weighted by Crippen LogP contribution is -2.45. The van der Waals surface area contributed by atoms with Crippen LogP contribution >= 0.6 is 0 Å². The van der Waals surface area contributed by atoms with Crippen LogP contribution in [0.2, 0.25) is 0 Å². The monoisotopic (exact) mass is 248 g/mol. The number of nitrogens with zero attached hydrogens (tertiary/aromatic N) is 2. The number of hydrogen-bond donors (Lipinski definition) is 2. The van der Waals surface area contributed by atoms with E-state index >= 15 is 0 Å². The summed E-state index contributed by atoms with van der Waals surface area (Å²) in [7, 11) is 0. The molecule has 1 unspecified atom stereocenters. The van der Waals surface area contributed by atoms with Crippen LogP contribution in [0.3, 0.4) is 0 Å². The van der Waals surface area contributed by atoms with E-state index < -0.39 is 0 Å². The fourth-order valence-electron chi connectivity index (χ4n) is 2.71. The lowest BCUT2D eigenvalue weighted by molar-refractivity contribution is 0.461. The number of H-pyrrole nitrogens is 1. The van der Waals surface area contributed by atoms with Crippen molar-refractivity contribution in [2.24, 2.45) is 5.73 Å². The molecule has 0 radical (unpaired) electrons. The van der Waals surface area contributed by atoms with E-state index in [0.717, 1.165) is 43.9 Å². The van der Waals surface area contributed by atoms with Crippen molar-refractivity contribution in [1.29, 1.82) is 0 Å². The van der Waals surface area contributed by atoms with Gasteiger partial charge in [-0.15, -0.1) is 0 Å². The summed E-state index contributed by atoms with van der Waals surface area (Å²) in [6.45, 7) is 1.59. The maximum Gasteiger partial charge on any atom is 0.252 e. The van der Waals surface area contributed by atoms with Gasteiger partial charge >= 0.3 is 0 Å². The van der Waals surface area contributed by atoms with Crippen LogP contribution in [0.15, 0.2) is 10.9 Å². The van der Waals surface area contributed by atoms with E-state index in [1.54, 1.807) is 6.07 Å². The summed E-state index contributed by atoms with van der Waals surface area (Å²) in [5.74, 6) is 2.15. The first-order valence-electron chi connectivity index (χ1n) is 6.86. The predicted molar refractivity (Wildman–Crippen MR) is 70.9 cm³/mol. The number of piperidine rings is 1. The van der Waals surface area contributed by atoms with Crippen molar-refractivity contribution in [3.05, 3.63) is 22.2 Å². The standard InChI is InChI=1S/C13H20N4O/c14-8-10-3-1-2-6-17(10)11-7-12(18)16-13(15-11)9-4-5-9/h7,9-10H,1-6,8,14H2,(H,15,16,18). The number of nitrogens with one attached hydrogen (secondary N) is 1. The molecule has 5 heteroatoms. The molecular weight excluding hydrogens is 228 g/mol. The molecule has 18 heavy (non-hydrogen) atoms. The van der Waals surface area contributed by atoms with Crippen LogP contribution < -0.4 is 16.2 Å². The second kappa shape index (κ2) is 4.72. The third-order valence-electron chi connectivity index (χ3n) is 3.90. The van der Waals surface area contributed by atoms with Crippen LogP contribution in [0.25, 0.3) is 0 Å². The van der Waals surface area contributed by atoms with Crippen molar-refractivity contribution in [2.75, 3.05) is 18.0 Å². The fourth-order valence-corrected chi connectivity index (χ4v) is 2.71. The minimum absolute atomic E-state index is 0.0387. The Kier molecular flexibility index (Phi) is 3.07. The molecular formula is C13H20N4O. The van der Waals surface area contributed by atoms with Crippen LogP contribution in [-0.4, -0.2) is 29.1 Å². The molecule has 2 heterocycles. The van der Waals surface area contributed by atoms with Gasteiger partial charge in [-0.25, -0.2) is 4.98 Å². The second-order valence-electron chi connectivity index (χ2n) is 5.34. The summed E-state index contributed by atoms with van der Waals surface area (Å²) < 4.78 is 0. The van der Waals surface area contributed by atoms with Gasteiger partial charge in [-0.3, -0.25) is 4.79 Å². The molecule has 2 aliphatic rings. The predicted octanol–water partition coefficient (Wildman–Crippen LogP) is 0.965. The Balaban J connectivity index is 1.91. The Hall–Kier alpha value is -1.36. The first-order valence-corrected chi connectivity index (χ1v) is 6.86. The Labute approximate surface area is 106 Å². The van der Waals surface area contributed by atoms with Gasteiger partial charge in [0, 0.05) is 31.1 Å². The first-order chi connectivity index (χ1) is 8.78. The van der Waals surface area contributed by atoms with E-state index in [2.05, 4.69) is 14.9 Å². The average molecular weight is 248 g/mol. The highest BCUT2D eigenvalue weighted by Crippen LogP contribution is 2.38. The van der Waals surface area contributed by atoms with Crippen molar-refractivity contribution in [3.63, 3.8) is 0 Å². The molecule has 5 nitrogen and oxygen atoms in total. The molecule has 1 aliphatic heterocycles. The number of nitrogens with two attached hydrogens (primary N) is 1. The van der Waals surface area contributed by atoms with Gasteiger partial charge in [-0.05, 0) is 32.1 Å². The van der Waals surface area contributed by atoms with E-state index in [0.29, 0.717) is 18.5 Å². The summed E-state index contributed by atoms with van der Waals surface area (Å²) in [5.41, 5.74) is 5.79. The number of aromatic nitrogens is 2. The molecule has 0 spiro atoms. The normalized spacial score (nSPS) is 24.3. The van der Waals surface area contributed by atoms with Gasteiger partial charge < -0.3 is 15.6 Å². The van der Waals surface area contributed by atoms with Gasteiger partial charge in [0.2, 0.25) is 0 Å². The maximum absolute atomic E-state index is 11.7. The lowest BCUT2D eigenvalue weighted by Gasteiger charge is -2.36. The summed E-state index contributed by atoms with van der Waals surface area (Å²) in [6, 6.07) is 1.94. The van der Waals surface area contributed by atoms with Crippen molar-refractivity contribution < 1.29 is 0 Å². The smallest absolute Gasteiger partial charge is 0.252 e. The quantitative estimate of drug-likeness (QED) is 0.835. The zero-order valence-corrected chi connectivity index (χ0v) is 10.6. The second-order valence-corrected chi connectivity index (χ2v) is 5.34. The molecule has 0 aromatic carbocycles. The van der Waals surface area contributed by atoms with Crippen LogP contribution in [0.1, 0.15) is 43.8 Å². The summed E-state index contributed by atoms with van der Waals surface area (Å²) in [6.07, 6.45) is 5.77. The summed E-state index contributed by atoms with van der Waals surface area (Å²) in [5, 5.41) is 0. The molecule has 1 saturated carbocycles. The van der Waals surface area contributed by atoms with Crippen LogP contribution in [0.4, 0.5) is 5.82 Å². The van der Waals surface area contributed by atoms with Crippen molar-refractivity contribution >= 4 is 5.82 Å². The Morgan fingerprint density at radius 3 is 2.94 bits per heavy atom. The largest absolute Gasteiger partial charge is 0.352 e. The number of hydrogen-bond acceptors (Lipinski definition) is 4. The van der Waals surface area contributed by atoms with Gasteiger partial charge in [-0.2, -0.15) is 0 Å². The highest BCUT2D eigenvalue weighted by atomic mass is 16.1. The van der Waals surface area contributed by atoms with E-state index in [1.807, 2.05) is 0 Å².